The van der Waals surface area contributed by atoms with Gasteiger partial charge in [0.2, 0.25) is 0 Å². The van der Waals surface area contributed by atoms with Crippen molar-refractivity contribution < 1.29 is 9.15 Å². The molecule has 17 heavy (non-hydrogen) atoms. The lowest BCUT2D eigenvalue weighted by Gasteiger charge is -2.02. The Bertz CT molecular complexity index is 550. The molecular weight excluding hydrogens is 220 g/mol. The predicted octanol–water partition coefficient (Wildman–Crippen LogP) is 1.80. The van der Waals surface area contributed by atoms with Crippen LogP contribution in [-0.2, 0) is 6.54 Å². The Morgan fingerprint density at radius 1 is 1.65 bits per heavy atom. The summed E-state index contributed by atoms with van der Waals surface area (Å²) in [5.74, 6) is 1.69. The van der Waals surface area contributed by atoms with Gasteiger partial charge in [-0.2, -0.15) is 5.26 Å². The van der Waals surface area contributed by atoms with Gasteiger partial charge >= 0.3 is 0 Å². The quantitative estimate of drug-likeness (QED) is 0.839. The van der Waals surface area contributed by atoms with Crippen LogP contribution in [-0.4, -0.2) is 17.3 Å². The number of anilines is 1. The third-order valence-corrected chi connectivity index (χ3v) is 2.46. The highest BCUT2D eigenvalue weighted by Crippen LogP contribution is 2.22. The molecule has 2 N–H and O–H groups in total. The Labute approximate surface area is 98.2 Å². The van der Waals surface area contributed by atoms with Gasteiger partial charge in [-0.15, -0.1) is 5.10 Å². The van der Waals surface area contributed by atoms with Crippen molar-refractivity contribution in [2.75, 3.05) is 12.4 Å². The molecule has 0 amide bonds. The van der Waals surface area contributed by atoms with Crippen LogP contribution in [0.1, 0.15) is 16.9 Å². The topological polar surface area (TPSA) is 86.9 Å². The average molecular weight is 232 g/mol. The Hall–Kier alpha value is -2.42. The Kier molecular flexibility index (Phi) is 3.01. The molecule has 0 spiro atoms. The molecule has 0 atom stereocenters. The molecule has 2 heterocycles. The maximum absolute atomic E-state index is 8.98. The summed E-state index contributed by atoms with van der Waals surface area (Å²) in [6, 6.07) is 3.91. The number of nitrogens with zero attached hydrogens (tertiary/aromatic N) is 2. The van der Waals surface area contributed by atoms with Gasteiger partial charge < -0.3 is 14.5 Å². The maximum Gasteiger partial charge on any atom is 0.252 e. The van der Waals surface area contributed by atoms with Crippen molar-refractivity contribution >= 4 is 5.82 Å². The summed E-state index contributed by atoms with van der Waals surface area (Å²) in [5, 5.41) is 18.7. The van der Waals surface area contributed by atoms with Gasteiger partial charge in [-0.25, -0.2) is 0 Å². The fourth-order valence-electron chi connectivity index (χ4n) is 1.48. The highest BCUT2D eigenvalue weighted by atomic mass is 16.5. The Morgan fingerprint density at radius 2 is 2.47 bits per heavy atom. The fourth-order valence-corrected chi connectivity index (χ4v) is 1.48. The first kappa shape index (κ1) is 11.1. The van der Waals surface area contributed by atoms with Gasteiger partial charge in [-0.05, 0) is 13.0 Å². The molecule has 0 saturated carbocycles. The number of rotatable bonds is 4. The molecule has 0 fully saturated rings. The minimum Gasteiger partial charge on any atom is -0.479 e. The zero-order chi connectivity index (χ0) is 12.3. The van der Waals surface area contributed by atoms with Crippen molar-refractivity contribution in [2.24, 2.45) is 0 Å². The average Bonchev–Trinajstić information content (AvgIpc) is 2.92. The second-order valence-electron chi connectivity index (χ2n) is 3.45. The van der Waals surface area contributed by atoms with E-state index in [1.54, 1.807) is 6.26 Å². The van der Waals surface area contributed by atoms with Crippen LogP contribution in [0.5, 0.6) is 5.88 Å². The number of aromatic nitrogens is 2. The van der Waals surface area contributed by atoms with E-state index >= 15 is 0 Å². The number of methoxy groups -OCH3 is 1. The van der Waals surface area contributed by atoms with Crippen LogP contribution in [0.25, 0.3) is 0 Å². The normalized spacial score (nSPS) is 9.94. The van der Waals surface area contributed by atoms with Crippen LogP contribution in [0.3, 0.4) is 0 Å². The van der Waals surface area contributed by atoms with E-state index in [9.17, 15) is 0 Å². The summed E-state index contributed by atoms with van der Waals surface area (Å²) >= 11 is 0. The number of nitriles is 1. The van der Waals surface area contributed by atoms with Crippen LogP contribution in [0.4, 0.5) is 5.82 Å². The maximum atomic E-state index is 8.98. The van der Waals surface area contributed by atoms with Crippen LogP contribution in [0, 0.1) is 18.3 Å². The van der Waals surface area contributed by atoms with Crippen LogP contribution in [0.15, 0.2) is 16.7 Å². The molecule has 0 saturated heterocycles. The third kappa shape index (κ3) is 2.08. The lowest BCUT2D eigenvalue weighted by Crippen LogP contribution is -2.01. The number of hydrogen-bond acceptors (Lipinski definition) is 5. The molecule has 6 nitrogen and oxygen atoms in total. The van der Waals surface area contributed by atoms with E-state index in [-0.39, 0.29) is 0 Å². The molecule has 0 radical (unpaired) electrons. The highest BCUT2D eigenvalue weighted by Gasteiger charge is 2.13. The third-order valence-electron chi connectivity index (χ3n) is 2.46. The van der Waals surface area contributed by atoms with E-state index in [4.69, 9.17) is 14.4 Å². The molecular formula is C11H12N4O2. The molecule has 2 rings (SSSR count). The summed E-state index contributed by atoms with van der Waals surface area (Å²) in [4.78, 5) is 0. The molecule has 0 aliphatic heterocycles. The summed E-state index contributed by atoms with van der Waals surface area (Å²) < 4.78 is 10.1. The van der Waals surface area contributed by atoms with E-state index in [2.05, 4.69) is 15.5 Å². The van der Waals surface area contributed by atoms with Crippen molar-refractivity contribution in [3.05, 3.63) is 29.2 Å². The first-order valence-corrected chi connectivity index (χ1v) is 5.05. The van der Waals surface area contributed by atoms with Gasteiger partial charge in [0.1, 0.15) is 17.6 Å². The van der Waals surface area contributed by atoms with Gasteiger partial charge in [0.15, 0.2) is 5.56 Å². The SMILES string of the molecule is COc1n[nH]c(NCc2ccoc2C)c1C#N. The summed E-state index contributed by atoms with van der Waals surface area (Å²) in [5.41, 5.74) is 1.40. The number of nitrogens with one attached hydrogen (secondary N) is 2. The molecule has 0 aliphatic carbocycles. The first-order valence-electron chi connectivity index (χ1n) is 5.05. The molecule has 6 heteroatoms. The van der Waals surface area contributed by atoms with Crippen molar-refractivity contribution in [3.63, 3.8) is 0 Å². The molecule has 2 aromatic rings. The van der Waals surface area contributed by atoms with Crippen molar-refractivity contribution in [2.45, 2.75) is 13.5 Å². The van der Waals surface area contributed by atoms with E-state index in [1.807, 2.05) is 19.1 Å². The minimum atomic E-state index is 0.291. The van der Waals surface area contributed by atoms with Gasteiger partial charge in [0.25, 0.3) is 5.88 Å². The lowest BCUT2D eigenvalue weighted by atomic mass is 10.2. The Morgan fingerprint density at radius 3 is 3.06 bits per heavy atom. The largest absolute Gasteiger partial charge is 0.479 e. The zero-order valence-corrected chi connectivity index (χ0v) is 9.57. The van der Waals surface area contributed by atoms with Crippen LogP contribution >= 0.6 is 0 Å². The number of ether oxygens (including phenoxy) is 1. The molecule has 0 bridgehead atoms. The number of H-pyrrole nitrogens is 1. The monoisotopic (exact) mass is 232 g/mol. The van der Waals surface area contributed by atoms with Crippen molar-refractivity contribution in [1.29, 1.82) is 5.26 Å². The summed E-state index contributed by atoms with van der Waals surface area (Å²) in [6.07, 6.45) is 1.63. The highest BCUT2D eigenvalue weighted by molar-refractivity contribution is 5.57. The number of aryl methyl sites for hydroxylation is 1. The van der Waals surface area contributed by atoms with Crippen molar-refractivity contribution in [1.82, 2.24) is 10.2 Å². The van der Waals surface area contributed by atoms with E-state index in [1.165, 1.54) is 7.11 Å². The molecule has 0 aliphatic rings. The minimum absolute atomic E-state index is 0.291. The summed E-state index contributed by atoms with van der Waals surface area (Å²) in [6.45, 7) is 2.44. The number of furan rings is 1. The molecule has 0 aromatic carbocycles. The van der Waals surface area contributed by atoms with E-state index in [0.29, 0.717) is 23.8 Å². The van der Waals surface area contributed by atoms with Crippen molar-refractivity contribution in [3.8, 4) is 11.9 Å². The van der Waals surface area contributed by atoms with E-state index in [0.717, 1.165) is 11.3 Å². The zero-order valence-electron chi connectivity index (χ0n) is 9.57. The van der Waals surface area contributed by atoms with Gasteiger partial charge in [-0.3, -0.25) is 5.10 Å². The Balaban J connectivity index is 2.12. The second-order valence-corrected chi connectivity index (χ2v) is 3.45. The first-order chi connectivity index (χ1) is 8.26. The summed E-state index contributed by atoms with van der Waals surface area (Å²) in [7, 11) is 1.47. The molecule has 88 valence electrons. The second kappa shape index (κ2) is 4.61. The van der Waals surface area contributed by atoms with E-state index < -0.39 is 0 Å². The van der Waals surface area contributed by atoms with Gasteiger partial charge in [-0.1, -0.05) is 0 Å². The standard InChI is InChI=1S/C11H12N4O2/c1-7-8(3-4-17-7)6-13-10-9(5-12)11(16-2)15-14-10/h3-4H,6H2,1-2H3,(H2,13,14,15). The fraction of sp³-hybridized carbons (Fsp3) is 0.273. The molecule has 2 aromatic heterocycles. The van der Waals surface area contributed by atoms with Gasteiger partial charge in [0.05, 0.1) is 13.4 Å². The van der Waals surface area contributed by atoms with Gasteiger partial charge in [0, 0.05) is 12.1 Å². The molecule has 0 unspecified atom stereocenters. The smallest absolute Gasteiger partial charge is 0.252 e. The lowest BCUT2D eigenvalue weighted by molar-refractivity contribution is 0.396. The van der Waals surface area contributed by atoms with Crippen LogP contribution < -0.4 is 10.1 Å². The number of hydrogen-bond donors (Lipinski definition) is 2. The number of aromatic amines is 1. The predicted molar refractivity (Wildman–Crippen MR) is 60.6 cm³/mol. The van der Waals surface area contributed by atoms with Crippen LogP contribution in [0.2, 0.25) is 0 Å².